The lowest BCUT2D eigenvalue weighted by Gasteiger charge is -2.30. The summed E-state index contributed by atoms with van der Waals surface area (Å²) in [6.07, 6.45) is 4.36. The molecule has 1 amide bonds. The molecule has 138 valence electrons. The highest BCUT2D eigenvalue weighted by atomic mass is 35.5. The second-order valence-electron chi connectivity index (χ2n) is 6.72. The summed E-state index contributed by atoms with van der Waals surface area (Å²) in [7, 11) is 3.27. The first-order valence-corrected chi connectivity index (χ1v) is 9.23. The van der Waals surface area contributed by atoms with Crippen LogP contribution in [0.1, 0.15) is 41.6 Å². The van der Waals surface area contributed by atoms with Crippen molar-refractivity contribution in [2.24, 2.45) is 0 Å². The molecule has 3 rings (SSSR count). The van der Waals surface area contributed by atoms with Crippen molar-refractivity contribution in [1.29, 1.82) is 0 Å². The Kier molecular flexibility index (Phi) is 5.72. The lowest BCUT2D eigenvalue weighted by molar-refractivity contribution is 0.0943. The molecule has 2 aromatic rings. The Labute approximate surface area is 159 Å². The molecule has 1 saturated carbocycles. The predicted molar refractivity (Wildman–Crippen MR) is 103 cm³/mol. The van der Waals surface area contributed by atoms with Gasteiger partial charge in [-0.2, -0.15) is 0 Å². The molecule has 0 aromatic heterocycles. The molecule has 5 heteroatoms. The highest BCUT2D eigenvalue weighted by molar-refractivity contribution is 6.33. The maximum Gasteiger partial charge on any atom is 0.252 e. The van der Waals surface area contributed by atoms with Crippen LogP contribution in [0, 0.1) is 0 Å². The summed E-state index contributed by atoms with van der Waals surface area (Å²) < 4.78 is 10.8. The summed E-state index contributed by atoms with van der Waals surface area (Å²) in [6, 6.07) is 13.2. The molecule has 0 spiro atoms. The fourth-order valence-electron chi connectivity index (χ4n) is 3.78. The minimum Gasteiger partial charge on any atom is -0.493 e. The number of rotatable bonds is 6. The van der Waals surface area contributed by atoms with E-state index >= 15 is 0 Å². The first-order valence-electron chi connectivity index (χ1n) is 8.85. The van der Waals surface area contributed by atoms with E-state index in [4.69, 9.17) is 21.1 Å². The van der Waals surface area contributed by atoms with E-state index in [0.717, 1.165) is 25.7 Å². The average Bonchev–Trinajstić information content (AvgIpc) is 3.16. The van der Waals surface area contributed by atoms with Crippen molar-refractivity contribution in [3.63, 3.8) is 0 Å². The third-order valence-electron chi connectivity index (χ3n) is 5.26. The zero-order valence-corrected chi connectivity index (χ0v) is 15.9. The van der Waals surface area contributed by atoms with Crippen LogP contribution in [-0.4, -0.2) is 26.7 Å². The standard InChI is InChI=1S/C21H24ClNO3/c1-25-18-10-9-15(13-19(18)26-2)21(11-5-6-12-21)14-23-20(24)16-7-3-4-8-17(16)22/h3-4,7-10,13H,5-6,11-12,14H2,1-2H3,(H,23,24). The van der Waals surface area contributed by atoms with Gasteiger partial charge in [0.15, 0.2) is 11.5 Å². The summed E-state index contributed by atoms with van der Waals surface area (Å²) in [5.41, 5.74) is 1.60. The van der Waals surface area contributed by atoms with Gasteiger partial charge in [-0.3, -0.25) is 4.79 Å². The largest absolute Gasteiger partial charge is 0.493 e. The van der Waals surface area contributed by atoms with Crippen LogP contribution < -0.4 is 14.8 Å². The van der Waals surface area contributed by atoms with Gasteiger partial charge in [0.1, 0.15) is 0 Å². The smallest absolute Gasteiger partial charge is 0.252 e. The van der Waals surface area contributed by atoms with Crippen molar-refractivity contribution in [3.05, 3.63) is 58.6 Å². The highest BCUT2D eigenvalue weighted by Gasteiger charge is 2.36. The van der Waals surface area contributed by atoms with Gasteiger partial charge in [-0.05, 0) is 42.7 Å². The Balaban J connectivity index is 1.83. The van der Waals surface area contributed by atoms with E-state index in [0.29, 0.717) is 28.6 Å². The van der Waals surface area contributed by atoms with Crippen molar-refractivity contribution < 1.29 is 14.3 Å². The molecule has 0 unspecified atom stereocenters. The van der Waals surface area contributed by atoms with Gasteiger partial charge in [-0.1, -0.05) is 42.6 Å². The highest BCUT2D eigenvalue weighted by Crippen LogP contribution is 2.43. The molecular weight excluding hydrogens is 350 g/mol. The lowest BCUT2D eigenvalue weighted by Crippen LogP contribution is -2.39. The molecule has 1 aliphatic rings. The predicted octanol–water partition coefficient (Wildman–Crippen LogP) is 4.60. The monoisotopic (exact) mass is 373 g/mol. The summed E-state index contributed by atoms with van der Waals surface area (Å²) in [6.45, 7) is 0.576. The van der Waals surface area contributed by atoms with Crippen LogP contribution >= 0.6 is 11.6 Å². The number of halogens is 1. The van der Waals surface area contributed by atoms with Crippen LogP contribution in [0.5, 0.6) is 11.5 Å². The summed E-state index contributed by atoms with van der Waals surface area (Å²) in [5, 5.41) is 3.56. The molecule has 0 aliphatic heterocycles. The van der Waals surface area contributed by atoms with Gasteiger partial charge < -0.3 is 14.8 Å². The number of carbonyl (C=O) groups is 1. The van der Waals surface area contributed by atoms with Gasteiger partial charge in [0.2, 0.25) is 0 Å². The van der Waals surface area contributed by atoms with E-state index in [2.05, 4.69) is 11.4 Å². The first-order chi connectivity index (χ1) is 12.6. The van der Waals surface area contributed by atoms with Crippen LogP contribution in [-0.2, 0) is 5.41 Å². The Bertz CT molecular complexity index is 785. The number of carbonyl (C=O) groups excluding carboxylic acids is 1. The molecule has 4 nitrogen and oxygen atoms in total. The van der Waals surface area contributed by atoms with E-state index in [1.165, 1.54) is 5.56 Å². The van der Waals surface area contributed by atoms with Gasteiger partial charge >= 0.3 is 0 Å². The van der Waals surface area contributed by atoms with Gasteiger partial charge in [0.25, 0.3) is 5.91 Å². The Morgan fingerprint density at radius 1 is 1.08 bits per heavy atom. The number of hydrogen-bond acceptors (Lipinski definition) is 3. The van der Waals surface area contributed by atoms with Crippen molar-refractivity contribution in [2.45, 2.75) is 31.1 Å². The van der Waals surface area contributed by atoms with Gasteiger partial charge in [-0.15, -0.1) is 0 Å². The SMILES string of the molecule is COc1ccc(C2(CNC(=O)c3ccccc3Cl)CCCC2)cc1OC. The van der Waals surface area contributed by atoms with Gasteiger partial charge in [0.05, 0.1) is 24.8 Å². The van der Waals surface area contributed by atoms with Crippen molar-refractivity contribution in [1.82, 2.24) is 5.32 Å². The minimum atomic E-state index is -0.137. The van der Waals surface area contributed by atoms with E-state index in [9.17, 15) is 4.79 Å². The maximum atomic E-state index is 12.6. The number of ether oxygens (including phenoxy) is 2. The Morgan fingerprint density at radius 3 is 2.42 bits per heavy atom. The number of methoxy groups -OCH3 is 2. The summed E-state index contributed by atoms with van der Waals surface area (Å²) in [4.78, 5) is 12.6. The average molecular weight is 374 g/mol. The molecule has 26 heavy (non-hydrogen) atoms. The molecule has 0 radical (unpaired) electrons. The molecular formula is C21H24ClNO3. The molecule has 1 fully saturated rings. The zero-order chi connectivity index (χ0) is 18.6. The second-order valence-corrected chi connectivity index (χ2v) is 7.13. The second kappa shape index (κ2) is 8.00. The van der Waals surface area contributed by atoms with Crippen LogP contribution in [0.15, 0.2) is 42.5 Å². The zero-order valence-electron chi connectivity index (χ0n) is 15.2. The van der Waals surface area contributed by atoms with E-state index < -0.39 is 0 Å². The topological polar surface area (TPSA) is 47.6 Å². The fraction of sp³-hybridized carbons (Fsp3) is 0.381. The van der Waals surface area contributed by atoms with Crippen molar-refractivity contribution in [3.8, 4) is 11.5 Å². The van der Waals surface area contributed by atoms with Crippen LogP contribution in [0.25, 0.3) is 0 Å². The minimum absolute atomic E-state index is 0.0868. The summed E-state index contributed by atoms with van der Waals surface area (Å²) in [5.74, 6) is 1.29. The van der Waals surface area contributed by atoms with E-state index in [-0.39, 0.29) is 11.3 Å². The number of hydrogen-bond donors (Lipinski definition) is 1. The van der Waals surface area contributed by atoms with Gasteiger partial charge in [-0.25, -0.2) is 0 Å². The molecule has 1 N–H and O–H groups in total. The molecule has 0 heterocycles. The quantitative estimate of drug-likeness (QED) is 0.805. The van der Waals surface area contributed by atoms with Crippen molar-refractivity contribution in [2.75, 3.05) is 20.8 Å². The molecule has 1 aliphatic carbocycles. The third-order valence-corrected chi connectivity index (χ3v) is 5.59. The van der Waals surface area contributed by atoms with Crippen LogP contribution in [0.4, 0.5) is 0 Å². The summed E-state index contributed by atoms with van der Waals surface area (Å²) >= 11 is 6.15. The number of benzene rings is 2. The van der Waals surface area contributed by atoms with Crippen LogP contribution in [0.3, 0.4) is 0 Å². The fourth-order valence-corrected chi connectivity index (χ4v) is 4.00. The molecule has 0 atom stereocenters. The van der Waals surface area contributed by atoms with Gasteiger partial charge in [0, 0.05) is 12.0 Å². The maximum absolute atomic E-state index is 12.6. The number of nitrogens with one attached hydrogen (secondary N) is 1. The number of amides is 1. The third kappa shape index (κ3) is 3.65. The molecule has 2 aromatic carbocycles. The van der Waals surface area contributed by atoms with E-state index in [1.54, 1.807) is 26.4 Å². The Hall–Kier alpha value is -2.20. The Morgan fingerprint density at radius 2 is 1.77 bits per heavy atom. The molecule has 0 saturated heterocycles. The lowest BCUT2D eigenvalue weighted by atomic mass is 9.78. The van der Waals surface area contributed by atoms with Crippen LogP contribution in [0.2, 0.25) is 5.02 Å². The first kappa shape index (κ1) is 18.6. The van der Waals surface area contributed by atoms with Crippen molar-refractivity contribution >= 4 is 17.5 Å². The van der Waals surface area contributed by atoms with E-state index in [1.807, 2.05) is 24.3 Å². The molecule has 0 bridgehead atoms. The normalized spacial score (nSPS) is 15.5.